The molecule has 0 radical (unpaired) electrons. The van der Waals surface area contributed by atoms with Gasteiger partial charge in [-0.3, -0.25) is 0 Å². The lowest BCUT2D eigenvalue weighted by atomic mass is 10.1. The maximum Gasteiger partial charge on any atom is 0.0134 e. The van der Waals surface area contributed by atoms with Gasteiger partial charge in [0.2, 0.25) is 0 Å². The highest BCUT2D eigenvalue weighted by Crippen LogP contribution is 2.12. The van der Waals surface area contributed by atoms with E-state index < -0.39 is 0 Å². The molecule has 1 heteroatoms. The minimum atomic E-state index is 1.06. The van der Waals surface area contributed by atoms with Crippen LogP contribution in [0.1, 0.15) is 155 Å². The van der Waals surface area contributed by atoms with E-state index in [0.717, 1.165) is 6.54 Å². The van der Waals surface area contributed by atoms with Gasteiger partial charge in [-0.25, -0.2) is 0 Å². The van der Waals surface area contributed by atoms with Crippen molar-refractivity contribution in [3.63, 3.8) is 0 Å². The summed E-state index contributed by atoms with van der Waals surface area (Å²) in [5, 5.41) is 3.57. The fourth-order valence-corrected chi connectivity index (χ4v) is 4.05. The maximum atomic E-state index is 3.57. The van der Waals surface area contributed by atoms with Crippen LogP contribution >= 0.6 is 0 Å². The minimum Gasteiger partial charge on any atom is -0.313 e. The van der Waals surface area contributed by atoms with Gasteiger partial charge in [-0.05, 0) is 25.8 Å². The van der Waals surface area contributed by atoms with E-state index >= 15 is 0 Å². The van der Waals surface area contributed by atoms with Crippen LogP contribution in [0.2, 0.25) is 0 Å². The Hall–Kier alpha value is -0.300. The Kier molecular flexibility index (Phi) is 27.4. The lowest BCUT2D eigenvalue weighted by molar-refractivity contribution is 0.539. The van der Waals surface area contributed by atoms with Crippen molar-refractivity contribution in [1.82, 2.24) is 5.32 Å². The smallest absolute Gasteiger partial charge is 0.0134 e. The fraction of sp³-hybridized carbons (Fsp3) is 0.929. The highest BCUT2D eigenvalue weighted by molar-refractivity contribution is 4.83. The molecule has 0 atom stereocenters. The van der Waals surface area contributed by atoms with Crippen molar-refractivity contribution in [3.8, 4) is 0 Å². The summed E-state index contributed by atoms with van der Waals surface area (Å²) in [5.41, 5.74) is 0. The number of rotatable bonds is 25. The summed E-state index contributed by atoms with van der Waals surface area (Å²) in [6.45, 7) is 6.85. The lowest BCUT2D eigenvalue weighted by Crippen LogP contribution is -2.14. The molecule has 0 heterocycles. The minimum absolute atomic E-state index is 1.06. The van der Waals surface area contributed by atoms with Gasteiger partial charge in [0.1, 0.15) is 0 Å². The van der Waals surface area contributed by atoms with E-state index in [0.29, 0.717) is 0 Å². The van der Waals surface area contributed by atoms with Crippen molar-refractivity contribution in [2.24, 2.45) is 0 Å². The summed E-state index contributed by atoms with van der Waals surface area (Å²) in [6.07, 6.45) is 36.1. The number of hydrogen-bond donors (Lipinski definition) is 1. The molecule has 29 heavy (non-hydrogen) atoms. The highest BCUT2D eigenvalue weighted by Gasteiger charge is 1.94. The monoisotopic (exact) mass is 407 g/mol. The van der Waals surface area contributed by atoms with E-state index in [9.17, 15) is 0 Å². The first-order chi connectivity index (χ1) is 14.4. The van der Waals surface area contributed by atoms with Gasteiger partial charge in [0.15, 0.2) is 0 Å². The van der Waals surface area contributed by atoms with Crippen molar-refractivity contribution < 1.29 is 0 Å². The van der Waals surface area contributed by atoms with Gasteiger partial charge >= 0.3 is 0 Å². The molecule has 174 valence electrons. The Morgan fingerprint density at radius 3 is 1.24 bits per heavy atom. The van der Waals surface area contributed by atoms with E-state index in [1.54, 1.807) is 0 Å². The van der Waals surface area contributed by atoms with Crippen LogP contribution < -0.4 is 5.32 Å². The van der Waals surface area contributed by atoms with Crippen LogP contribution in [0.15, 0.2) is 12.2 Å². The Labute approximate surface area is 185 Å². The molecule has 0 unspecified atom stereocenters. The molecular formula is C28H57N. The third kappa shape index (κ3) is 27.7. The standard InChI is InChI=1S/C28H57N/c1-3-5-7-9-11-13-15-17-19-21-23-25-27-29-28-26-24-22-20-18-16-14-12-10-8-6-4-2/h23,25,29H,3-22,24,26-28H2,1-2H3/b25-23+. The van der Waals surface area contributed by atoms with Gasteiger partial charge in [0.25, 0.3) is 0 Å². The molecule has 0 saturated carbocycles. The molecule has 1 N–H and O–H groups in total. The molecule has 0 saturated heterocycles. The van der Waals surface area contributed by atoms with Crippen molar-refractivity contribution >= 4 is 0 Å². The Morgan fingerprint density at radius 1 is 0.414 bits per heavy atom. The fourth-order valence-electron chi connectivity index (χ4n) is 4.05. The predicted molar refractivity (Wildman–Crippen MR) is 135 cm³/mol. The third-order valence-corrected chi connectivity index (χ3v) is 6.11. The average Bonchev–Trinajstić information content (AvgIpc) is 2.74. The van der Waals surface area contributed by atoms with Crippen LogP contribution in [0.25, 0.3) is 0 Å². The number of hydrogen-bond acceptors (Lipinski definition) is 1. The molecular weight excluding hydrogens is 350 g/mol. The van der Waals surface area contributed by atoms with Crippen molar-refractivity contribution in [3.05, 3.63) is 12.2 Å². The topological polar surface area (TPSA) is 12.0 Å². The van der Waals surface area contributed by atoms with E-state index in [2.05, 4.69) is 31.3 Å². The first-order valence-corrected chi connectivity index (χ1v) is 13.8. The molecule has 0 aliphatic rings. The zero-order chi connectivity index (χ0) is 21.1. The maximum absolute atomic E-state index is 3.57. The first kappa shape index (κ1) is 28.7. The summed E-state index contributed by atoms with van der Waals surface area (Å²) in [4.78, 5) is 0. The second kappa shape index (κ2) is 27.7. The van der Waals surface area contributed by atoms with E-state index in [1.807, 2.05) is 0 Å². The molecule has 0 bridgehead atoms. The van der Waals surface area contributed by atoms with Crippen LogP contribution in [0.5, 0.6) is 0 Å². The summed E-state index contributed by atoms with van der Waals surface area (Å²) in [5.74, 6) is 0. The zero-order valence-corrected chi connectivity index (χ0v) is 20.6. The summed E-state index contributed by atoms with van der Waals surface area (Å²) in [7, 11) is 0. The second-order valence-electron chi connectivity index (χ2n) is 9.18. The van der Waals surface area contributed by atoms with Gasteiger partial charge in [0, 0.05) is 6.54 Å². The number of allylic oxidation sites excluding steroid dienone is 1. The zero-order valence-electron chi connectivity index (χ0n) is 20.6. The Balaban J connectivity index is 3.05. The molecule has 0 fully saturated rings. The molecule has 1 nitrogen and oxygen atoms in total. The van der Waals surface area contributed by atoms with E-state index in [-0.39, 0.29) is 0 Å². The highest BCUT2D eigenvalue weighted by atomic mass is 14.8. The molecule has 0 aromatic carbocycles. The quantitative estimate of drug-likeness (QED) is 0.117. The SMILES string of the molecule is CCCCCCCCCCC/C=C/CNCCCCCCCCCCCCCC. The Bertz CT molecular complexity index is 297. The van der Waals surface area contributed by atoms with Crippen LogP contribution in [0, 0.1) is 0 Å². The van der Waals surface area contributed by atoms with Crippen molar-refractivity contribution in [2.45, 2.75) is 155 Å². The lowest BCUT2D eigenvalue weighted by Gasteiger charge is -2.03. The molecule has 0 aromatic rings. The predicted octanol–water partition coefficient (Wildman–Crippen LogP) is 9.75. The summed E-state index contributed by atoms with van der Waals surface area (Å²) >= 11 is 0. The normalized spacial score (nSPS) is 11.7. The first-order valence-electron chi connectivity index (χ1n) is 13.8. The number of nitrogens with one attached hydrogen (secondary N) is 1. The summed E-state index contributed by atoms with van der Waals surface area (Å²) < 4.78 is 0. The Morgan fingerprint density at radius 2 is 0.793 bits per heavy atom. The van der Waals surface area contributed by atoms with Crippen LogP contribution in [-0.4, -0.2) is 13.1 Å². The molecule has 0 spiro atoms. The van der Waals surface area contributed by atoms with Crippen molar-refractivity contribution in [2.75, 3.05) is 13.1 Å². The summed E-state index contributed by atoms with van der Waals surface area (Å²) in [6, 6.07) is 0. The van der Waals surface area contributed by atoms with Crippen molar-refractivity contribution in [1.29, 1.82) is 0 Å². The second-order valence-corrected chi connectivity index (χ2v) is 9.18. The molecule has 0 aliphatic carbocycles. The molecule has 0 aliphatic heterocycles. The molecule has 0 rings (SSSR count). The van der Waals surface area contributed by atoms with E-state index in [1.165, 1.54) is 148 Å². The number of unbranched alkanes of at least 4 members (excludes halogenated alkanes) is 20. The van der Waals surface area contributed by atoms with Gasteiger partial charge < -0.3 is 5.32 Å². The van der Waals surface area contributed by atoms with Gasteiger partial charge in [-0.1, -0.05) is 148 Å². The van der Waals surface area contributed by atoms with Gasteiger partial charge in [-0.2, -0.15) is 0 Å². The molecule has 0 amide bonds. The van der Waals surface area contributed by atoms with Crippen LogP contribution in [0.4, 0.5) is 0 Å². The van der Waals surface area contributed by atoms with Crippen LogP contribution in [-0.2, 0) is 0 Å². The van der Waals surface area contributed by atoms with Gasteiger partial charge in [-0.15, -0.1) is 0 Å². The molecule has 0 aromatic heterocycles. The van der Waals surface area contributed by atoms with E-state index in [4.69, 9.17) is 0 Å². The van der Waals surface area contributed by atoms with Crippen LogP contribution in [0.3, 0.4) is 0 Å². The third-order valence-electron chi connectivity index (χ3n) is 6.11. The average molecular weight is 408 g/mol. The largest absolute Gasteiger partial charge is 0.313 e. The van der Waals surface area contributed by atoms with Gasteiger partial charge in [0.05, 0.1) is 0 Å².